The zero-order valence-electron chi connectivity index (χ0n) is 9.62. The van der Waals surface area contributed by atoms with E-state index in [4.69, 9.17) is 5.21 Å². The molecule has 0 aromatic heterocycles. The van der Waals surface area contributed by atoms with Crippen molar-refractivity contribution in [2.75, 3.05) is 12.8 Å². The lowest BCUT2D eigenvalue weighted by molar-refractivity contribution is -0.122. The van der Waals surface area contributed by atoms with Gasteiger partial charge in [-0.25, -0.2) is 0 Å². The molecule has 0 bridgehead atoms. The van der Waals surface area contributed by atoms with Crippen molar-refractivity contribution in [1.82, 2.24) is 5.32 Å². The van der Waals surface area contributed by atoms with Crippen molar-refractivity contribution in [2.45, 2.75) is 33.1 Å². The summed E-state index contributed by atoms with van der Waals surface area (Å²) in [5.74, 6) is 0.486. The van der Waals surface area contributed by atoms with Gasteiger partial charge in [0.15, 0.2) is 0 Å². The Bertz CT molecular complexity index is 219. The van der Waals surface area contributed by atoms with Crippen molar-refractivity contribution in [1.29, 1.82) is 0 Å². The normalized spacial score (nSPS) is 13.7. The summed E-state index contributed by atoms with van der Waals surface area (Å²) in [4.78, 5) is 11.5. The lowest BCUT2D eigenvalue weighted by Gasteiger charge is -2.13. The van der Waals surface area contributed by atoms with Gasteiger partial charge in [0.1, 0.15) is 5.04 Å². The fraction of sp³-hybridized carbons (Fsp3) is 0.800. The lowest BCUT2D eigenvalue weighted by atomic mass is 10.1. The smallest absolute Gasteiger partial charge is 0.229 e. The number of thioether (sulfide) groups is 1. The molecular formula is C10H20N2O2S. The molecule has 0 saturated heterocycles. The first kappa shape index (κ1) is 14.3. The van der Waals surface area contributed by atoms with Crippen LogP contribution in [0.2, 0.25) is 0 Å². The van der Waals surface area contributed by atoms with Crippen LogP contribution >= 0.6 is 11.8 Å². The molecule has 88 valence electrons. The average Bonchev–Trinajstić information content (AvgIpc) is 2.27. The van der Waals surface area contributed by atoms with Gasteiger partial charge in [0.25, 0.3) is 0 Å². The number of rotatable bonds is 6. The number of amides is 1. The summed E-state index contributed by atoms with van der Waals surface area (Å²) in [6.07, 6.45) is 2.81. The molecule has 0 saturated carbocycles. The highest BCUT2D eigenvalue weighted by molar-refractivity contribution is 8.14. The van der Waals surface area contributed by atoms with E-state index in [2.05, 4.69) is 17.4 Å². The Morgan fingerprint density at radius 1 is 1.53 bits per heavy atom. The number of unbranched alkanes of at least 4 members (excludes halogenated alkanes) is 1. The summed E-state index contributed by atoms with van der Waals surface area (Å²) in [5, 5.41) is 15.2. The molecule has 0 rings (SSSR count). The summed E-state index contributed by atoms with van der Waals surface area (Å²) in [6, 6.07) is 0. The average molecular weight is 232 g/mol. The molecule has 0 radical (unpaired) electrons. The molecular weight excluding hydrogens is 212 g/mol. The zero-order valence-corrected chi connectivity index (χ0v) is 10.4. The summed E-state index contributed by atoms with van der Waals surface area (Å²) >= 11 is 1.46. The number of nitrogens with one attached hydrogen (secondary N) is 1. The van der Waals surface area contributed by atoms with Crippen LogP contribution in [0, 0.1) is 5.92 Å². The molecule has 4 nitrogen and oxygen atoms in total. The van der Waals surface area contributed by atoms with Crippen LogP contribution < -0.4 is 5.32 Å². The predicted molar refractivity (Wildman–Crippen MR) is 64.4 cm³/mol. The van der Waals surface area contributed by atoms with Crippen molar-refractivity contribution in [3.63, 3.8) is 0 Å². The van der Waals surface area contributed by atoms with Gasteiger partial charge >= 0.3 is 0 Å². The highest BCUT2D eigenvalue weighted by Crippen LogP contribution is 2.18. The lowest BCUT2D eigenvalue weighted by Crippen LogP contribution is -2.31. The van der Waals surface area contributed by atoms with Gasteiger partial charge in [0.05, 0.1) is 5.92 Å². The van der Waals surface area contributed by atoms with E-state index in [-0.39, 0.29) is 11.8 Å². The third-order valence-corrected chi connectivity index (χ3v) is 3.27. The van der Waals surface area contributed by atoms with Crippen molar-refractivity contribution < 1.29 is 10.0 Å². The molecule has 0 aliphatic heterocycles. The van der Waals surface area contributed by atoms with Crippen LogP contribution in [0.4, 0.5) is 0 Å². The third-order valence-electron chi connectivity index (χ3n) is 2.12. The molecule has 0 spiro atoms. The first-order chi connectivity index (χ1) is 7.21. The number of nitrogens with zero attached hydrogens (tertiary/aromatic N) is 1. The fourth-order valence-corrected chi connectivity index (χ4v) is 2.34. The van der Waals surface area contributed by atoms with E-state index in [1.165, 1.54) is 11.8 Å². The molecule has 0 aliphatic rings. The quantitative estimate of drug-likeness (QED) is 0.242. The minimum atomic E-state index is -0.318. The fourth-order valence-electron chi connectivity index (χ4n) is 1.17. The van der Waals surface area contributed by atoms with E-state index in [0.717, 1.165) is 18.6 Å². The number of carbonyl (C=O) groups excluding carboxylic acids is 1. The minimum Gasteiger partial charge on any atom is -0.410 e. The molecule has 0 heterocycles. The van der Waals surface area contributed by atoms with Crippen molar-refractivity contribution >= 4 is 22.7 Å². The standard InChI is InChI=1S/C10H20N2O2S/c1-4-6-7-15-10(12-14)8(5-2)9(13)11-3/h8,14H,4-7H2,1-3H3,(H,11,13). The maximum absolute atomic E-state index is 11.5. The Labute approximate surface area is 95.5 Å². The monoisotopic (exact) mass is 232 g/mol. The number of hydrogen-bond acceptors (Lipinski definition) is 4. The van der Waals surface area contributed by atoms with Crippen LogP contribution in [0.25, 0.3) is 0 Å². The van der Waals surface area contributed by atoms with Crippen LogP contribution in [0.3, 0.4) is 0 Å². The van der Waals surface area contributed by atoms with E-state index in [0.29, 0.717) is 11.5 Å². The van der Waals surface area contributed by atoms with Crippen molar-refractivity contribution in [3.8, 4) is 0 Å². The maximum Gasteiger partial charge on any atom is 0.229 e. The molecule has 1 unspecified atom stereocenters. The first-order valence-electron chi connectivity index (χ1n) is 5.27. The Hall–Kier alpha value is -0.710. The van der Waals surface area contributed by atoms with E-state index < -0.39 is 0 Å². The highest BCUT2D eigenvalue weighted by atomic mass is 32.2. The van der Waals surface area contributed by atoms with Crippen LogP contribution in [-0.4, -0.2) is 29.0 Å². The summed E-state index contributed by atoms with van der Waals surface area (Å²) < 4.78 is 0. The van der Waals surface area contributed by atoms with Gasteiger partial charge in [-0.3, -0.25) is 4.79 Å². The van der Waals surface area contributed by atoms with Crippen LogP contribution in [0.5, 0.6) is 0 Å². The minimum absolute atomic E-state index is 0.0886. The summed E-state index contributed by atoms with van der Waals surface area (Å²) in [6.45, 7) is 4.01. The van der Waals surface area contributed by atoms with E-state index in [1.807, 2.05) is 6.92 Å². The molecule has 1 atom stereocenters. The Balaban J connectivity index is 4.29. The third kappa shape index (κ3) is 5.06. The molecule has 5 heteroatoms. The highest BCUT2D eigenvalue weighted by Gasteiger charge is 2.22. The molecule has 0 fully saturated rings. The largest absolute Gasteiger partial charge is 0.410 e. The molecule has 1 amide bonds. The Morgan fingerprint density at radius 2 is 2.20 bits per heavy atom. The topological polar surface area (TPSA) is 61.7 Å². The zero-order chi connectivity index (χ0) is 11.7. The molecule has 15 heavy (non-hydrogen) atoms. The summed E-state index contributed by atoms with van der Waals surface area (Å²) in [7, 11) is 1.59. The van der Waals surface area contributed by atoms with Gasteiger partial charge in [-0.2, -0.15) is 0 Å². The van der Waals surface area contributed by atoms with Crippen LogP contribution in [0.15, 0.2) is 5.16 Å². The molecule has 2 N–H and O–H groups in total. The van der Waals surface area contributed by atoms with Gasteiger partial charge in [-0.1, -0.05) is 25.4 Å². The van der Waals surface area contributed by atoms with E-state index >= 15 is 0 Å². The second-order valence-corrected chi connectivity index (χ2v) is 4.33. The van der Waals surface area contributed by atoms with Gasteiger partial charge in [0.2, 0.25) is 5.91 Å². The maximum atomic E-state index is 11.5. The van der Waals surface area contributed by atoms with Gasteiger partial charge in [-0.05, 0) is 18.6 Å². The number of hydrogen-bond donors (Lipinski definition) is 2. The first-order valence-corrected chi connectivity index (χ1v) is 6.26. The SMILES string of the molecule is CCCCSC(=NO)C(CC)C(=O)NC. The second kappa shape index (κ2) is 8.59. The van der Waals surface area contributed by atoms with Crippen molar-refractivity contribution in [3.05, 3.63) is 0 Å². The Morgan fingerprint density at radius 3 is 2.60 bits per heavy atom. The van der Waals surface area contributed by atoms with Crippen LogP contribution in [-0.2, 0) is 4.79 Å². The number of carbonyl (C=O) groups is 1. The Kier molecular flexibility index (Phi) is 8.18. The van der Waals surface area contributed by atoms with Crippen LogP contribution in [0.1, 0.15) is 33.1 Å². The number of oxime groups is 1. The van der Waals surface area contributed by atoms with Gasteiger partial charge < -0.3 is 10.5 Å². The van der Waals surface area contributed by atoms with Gasteiger partial charge in [-0.15, -0.1) is 11.8 Å². The molecule has 0 aromatic rings. The summed E-state index contributed by atoms with van der Waals surface area (Å²) in [5.41, 5.74) is 0. The van der Waals surface area contributed by atoms with E-state index in [1.54, 1.807) is 7.05 Å². The predicted octanol–water partition coefficient (Wildman–Crippen LogP) is 2.08. The van der Waals surface area contributed by atoms with E-state index in [9.17, 15) is 4.79 Å². The second-order valence-electron chi connectivity index (χ2n) is 3.22. The molecule has 0 aliphatic carbocycles. The van der Waals surface area contributed by atoms with Gasteiger partial charge in [0, 0.05) is 7.05 Å². The van der Waals surface area contributed by atoms with Crippen molar-refractivity contribution in [2.24, 2.45) is 11.1 Å². The molecule has 0 aromatic carbocycles.